The number of aliphatic hydroxyl groups is 1. The highest BCUT2D eigenvalue weighted by atomic mass is 79.9. The molecule has 0 aliphatic carbocycles. The van der Waals surface area contributed by atoms with Gasteiger partial charge in [-0.25, -0.2) is 4.39 Å². The molecule has 1 unspecified atom stereocenters. The Labute approximate surface area is 161 Å². The molecule has 0 radical (unpaired) electrons. The van der Waals surface area contributed by atoms with Gasteiger partial charge in [-0.1, -0.05) is 47.8 Å². The third-order valence-electron chi connectivity index (χ3n) is 4.21. The van der Waals surface area contributed by atoms with Crippen molar-refractivity contribution in [2.24, 2.45) is 0 Å². The molecular formula is C19H21BrFNO2S. The Kier molecular flexibility index (Phi) is 6.54. The number of aliphatic hydroxyl groups excluding tert-OH is 1. The maximum absolute atomic E-state index is 13.3. The first-order valence-corrected chi connectivity index (χ1v) is 9.07. The summed E-state index contributed by atoms with van der Waals surface area (Å²) < 4.78 is 23.3. The number of benzene rings is 2. The third kappa shape index (κ3) is 3.86. The standard InChI is InChI=1S/C18H17BrFNOS.CH4O/c1-3-18(2)17(19)16(11-4-6-12(20)7-5-11)14-9-8-13(21-23)10-15(14)22-18;1-2/h4-10,21,23H,3H2,1-2H3;2H,1H3. The molecular weight excluding hydrogens is 405 g/mol. The summed E-state index contributed by atoms with van der Waals surface area (Å²) in [4.78, 5) is 0. The lowest BCUT2D eigenvalue weighted by Crippen LogP contribution is -2.35. The molecule has 0 bridgehead atoms. The summed E-state index contributed by atoms with van der Waals surface area (Å²) in [5, 5.41) is 7.00. The van der Waals surface area contributed by atoms with Gasteiger partial charge in [0.05, 0.1) is 0 Å². The van der Waals surface area contributed by atoms with Crippen molar-refractivity contribution in [2.75, 3.05) is 11.8 Å². The van der Waals surface area contributed by atoms with Crippen LogP contribution >= 0.6 is 28.7 Å². The number of anilines is 1. The molecule has 2 aromatic carbocycles. The van der Waals surface area contributed by atoms with Crippen molar-refractivity contribution >= 4 is 40.0 Å². The van der Waals surface area contributed by atoms with Crippen LogP contribution in [-0.4, -0.2) is 17.8 Å². The lowest BCUT2D eigenvalue weighted by molar-refractivity contribution is 0.129. The third-order valence-corrected chi connectivity index (χ3v) is 5.70. The normalized spacial score (nSPS) is 18.7. The van der Waals surface area contributed by atoms with Crippen LogP contribution in [0.4, 0.5) is 10.1 Å². The van der Waals surface area contributed by atoms with Crippen molar-refractivity contribution in [3.05, 3.63) is 63.9 Å². The lowest BCUT2D eigenvalue weighted by Gasteiger charge is -2.37. The second kappa shape index (κ2) is 8.25. The Bertz CT molecular complexity index is 779. The van der Waals surface area contributed by atoms with E-state index >= 15 is 0 Å². The molecule has 0 fully saturated rings. The van der Waals surface area contributed by atoms with Crippen LogP contribution in [0, 0.1) is 5.82 Å². The monoisotopic (exact) mass is 425 g/mol. The van der Waals surface area contributed by atoms with Crippen molar-refractivity contribution in [3.63, 3.8) is 0 Å². The average Bonchev–Trinajstić information content (AvgIpc) is 2.65. The molecule has 2 aromatic rings. The maximum Gasteiger partial charge on any atom is 0.138 e. The van der Waals surface area contributed by atoms with E-state index in [1.165, 1.54) is 12.1 Å². The summed E-state index contributed by atoms with van der Waals surface area (Å²) >= 11 is 7.83. The van der Waals surface area contributed by atoms with Gasteiger partial charge in [0.2, 0.25) is 0 Å². The molecule has 1 aliphatic heterocycles. The van der Waals surface area contributed by atoms with E-state index in [0.29, 0.717) is 0 Å². The molecule has 3 nitrogen and oxygen atoms in total. The fraction of sp³-hybridized carbons (Fsp3) is 0.263. The van der Waals surface area contributed by atoms with Gasteiger partial charge < -0.3 is 14.6 Å². The fourth-order valence-electron chi connectivity index (χ4n) is 2.68. The Balaban J connectivity index is 0.00000109. The predicted octanol–water partition coefficient (Wildman–Crippen LogP) is 5.41. The first kappa shape index (κ1) is 19.8. The quantitative estimate of drug-likeness (QED) is 0.576. The van der Waals surface area contributed by atoms with Gasteiger partial charge in [0.25, 0.3) is 0 Å². The minimum absolute atomic E-state index is 0.245. The van der Waals surface area contributed by atoms with Crippen molar-refractivity contribution in [3.8, 4) is 5.75 Å². The molecule has 134 valence electrons. The van der Waals surface area contributed by atoms with Crippen molar-refractivity contribution in [1.29, 1.82) is 0 Å². The Morgan fingerprint density at radius 1 is 1.20 bits per heavy atom. The van der Waals surface area contributed by atoms with Crippen LogP contribution < -0.4 is 9.46 Å². The van der Waals surface area contributed by atoms with Crippen LogP contribution in [0.15, 0.2) is 46.9 Å². The summed E-state index contributed by atoms with van der Waals surface area (Å²) in [7, 11) is 1.00. The fourth-order valence-corrected chi connectivity index (χ4v) is 3.62. The van der Waals surface area contributed by atoms with E-state index in [1.807, 2.05) is 25.1 Å². The summed E-state index contributed by atoms with van der Waals surface area (Å²) in [6.45, 7) is 4.12. The summed E-state index contributed by atoms with van der Waals surface area (Å²) in [5.41, 5.74) is 3.35. The van der Waals surface area contributed by atoms with E-state index in [-0.39, 0.29) is 5.82 Å². The molecule has 0 saturated carbocycles. The Morgan fingerprint density at radius 3 is 2.40 bits per heavy atom. The number of fused-ring (bicyclic) bond motifs is 1. The Hall–Kier alpha value is -1.50. The minimum atomic E-state index is -0.466. The Morgan fingerprint density at radius 2 is 1.84 bits per heavy atom. The van der Waals surface area contributed by atoms with Gasteiger partial charge in [-0.15, -0.1) is 0 Å². The highest BCUT2D eigenvalue weighted by Crippen LogP contribution is 2.48. The molecule has 2 N–H and O–H groups in total. The largest absolute Gasteiger partial charge is 0.482 e. The van der Waals surface area contributed by atoms with E-state index in [1.54, 1.807) is 12.1 Å². The van der Waals surface area contributed by atoms with Crippen LogP contribution in [-0.2, 0) is 0 Å². The predicted molar refractivity (Wildman–Crippen MR) is 108 cm³/mol. The van der Waals surface area contributed by atoms with E-state index in [9.17, 15) is 4.39 Å². The number of halogens is 2. The maximum atomic E-state index is 13.3. The number of ether oxygens (including phenoxy) is 1. The zero-order valence-corrected chi connectivity index (χ0v) is 16.8. The highest BCUT2D eigenvalue weighted by molar-refractivity contribution is 9.12. The second-order valence-corrected chi connectivity index (χ2v) is 6.72. The number of rotatable bonds is 3. The zero-order chi connectivity index (χ0) is 18.6. The number of thiol groups is 1. The van der Waals surface area contributed by atoms with E-state index in [0.717, 1.165) is 46.1 Å². The zero-order valence-electron chi connectivity index (χ0n) is 14.3. The first-order valence-electron chi connectivity index (χ1n) is 7.83. The van der Waals surface area contributed by atoms with E-state index in [4.69, 9.17) is 9.84 Å². The van der Waals surface area contributed by atoms with Gasteiger partial charge in [0, 0.05) is 34.5 Å². The molecule has 1 atom stereocenters. The van der Waals surface area contributed by atoms with Gasteiger partial charge in [0.15, 0.2) is 0 Å². The van der Waals surface area contributed by atoms with Crippen LogP contribution in [0.1, 0.15) is 31.4 Å². The van der Waals surface area contributed by atoms with Crippen molar-refractivity contribution < 1.29 is 14.2 Å². The topological polar surface area (TPSA) is 41.5 Å². The summed E-state index contributed by atoms with van der Waals surface area (Å²) in [6, 6.07) is 12.4. The van der Waals surface area contributed by atoms with Gasteiger partial charge in [-0.3, -0.25) is 0 Å². The smallest absolute Gasteiger partial charge is 0.138 e. The number of hydrogen-bond donors (Lipinski definition) is 3. The minimum Gasteiger partial charge on any atom is -0.482 e. The lowest BCUT2D eigenvalue weighted by atomic mass is 9.88. The second-order valence-electron chi connectivity index (χ2n) is 5.71. The van der Waals surface area contributed by atoms with Crippen molar-refractivity contribution in [1.82, 2.24) is 0 Å². The van der Waals surface area contributed by atoms with Gasteiger partial charge in [-0.05, 0) is 43.2 Å². The van der Waals surface area contributed by atoms with Crippen LogP contribution in [0.25, 0.3) is 5.57 Å². The SMILES string of the molecule is CCC1(C)Oc2cc(NS)ccc2C(c2ccc(F)cc2)=C1Br.CO. The van der Waals surface area contributed by atoms with Crippen LogP contribution in [0.5, 0.6) is 5.75 Å². The molecule has 0 saturated heterocycles. The number of nitrogens with one attached hydrogen (secondary N) is 1. The molecule has 1 aliphatic rings. The molecule has 0 aromatic heterocycles. The molecule has 0 amide bonds. The van der Waals surface area contributed by atoms with Crippen LogP contribution in [0.3, 0.4) is 0 Å². The van der Waals surface area contributed by atoms with Gasteiger partial charge in [0.1, 0.15) is 17.2 Å². The highest BCUT2D eigenvalue weighted by Gasteiger charge is 2.36. The van der Waals surface area contributed by atoms with E-state index in [2.05, 4.69) is 40.4 Å². The van der Waals surface area contributed by atoms with Gasteiger partial charge in [-0.2, -0.15) is 0 Å². The van der Waals surface area contributed by atoms with Crippen molar-refractivity contribution in [2.45, 2.75) is 25.9 Å². The summed E-state index contributed by atoms with van der Waals surface area (Å²) in [6.07, 6.45) is 0.802. The molecule has 25 heavy (non-hydrogen) atoms. The summed E-state index contributed by atoms with van der Waals surface area (Å²) in [5.74, 6) is 0.543. The first-order chi connectivity index (χ1) is 12.0. The number of hydrogen-bond acceptors (Lipinski definition) is 4. The molecule has 0 spiro atoms. The van der Waals surface area contributed by atoms with Crippen LogP contribution in [0.2, 0.25) is 0 Å². The van der Waals surface area contributed by atoms with Gasteiger partial charge >= 0.3 is 0 Å². The average molecular weight is 426 g/mol. The van der Waals surface area contributed by atoms with E-state index < -0.39 is 5.60 Å². The molecule has 6 heteroatoms. The molecule has 3 rings (SSSR count). The molecule has 1 heterocycles.